The van der Waals surface area contributed by atoms with Gasteiger partial charge >= 0.3 is 14.1 Å². The maximum atomic E-state index is 6.38. The Labute approximate surface area is 347 Å². The first-order valence-corrected chi connectivity index (χ1v) is 25.1. The highest BCUT2D eigenvalue weighted by Crippen LogP contribution is 2.50. The van der Waals surface area contributed by atoms with Crippen molar-refractivity contribution < 1.29 is 0 Å². The maximum Gasteiger partial charge on any atom is 0.301 e. The van der Waals surface area contributed by atoms with Crippen LogP contribution in [0.25, 0.3) is 0 Å². The molecule has 6 aromatic carbocycles. The topological polar surface area (TPSA) is 14.1 Å². The number of nitrogens with zero attached hydrogens (tertiary/aromatic N) is 1. The van der Waals surface area contributed by atoms with Crippen LogP contribution in [-0.2, 0) is 12.6 Å². The van der Waals surface area contributed by atoms with Crippen LogP contribution in [0.3, 0.4) is 0 Å². The molecule has 6 rings (SSSR count). The van der Waals surface area contributed by atoms with E-state index in [0.29, 0.717) is 3.53 Å². The van der Waals surface area contributed by atoms with Gasteiger partial charge in [0.1, 0.15) is 0 Å². The van der Waals surface area contributed by atoms with Crippen molar-refractivity contribution in [2.24, 2.45) is 0 Å². The van der Waals surface area contributed by atoms with Crippen LogP contribution in [0.15, 0.2) is 182 Å². The van der Waals surface area contributed by atoms with Gasteiger partial charge in [-0.05, 0) is 85.0 Å². The van der Waals surface area contributed by atoms with Gasteiger partial charge in [0.05, 0.1) is 31.8 Å². The summed E-state index contributed by atoms with van der Waals surface area (Å²) in [5.41, 5.74) is 0. The molecule has 6 heteroatoms. The summed E-state index contributed by atoms with van der Waals surface area (Å²) >= 11 is 11.3. The van der Waals surface area contributed by atoms with Crippen LogP contribution in [0.5, 0.6) is 0 Å². The Bertz CT molecular complexity index is 1750. The fourth-order valence-corrected chi connectivity index (χ4v) is 17.5. The van der Waals surface area contributed by atoms with Crippen LogP contribution in [0.1, 0.15) is 71.1 Å². The number of thiocarbonyl (C=S) groups is 1. The standard InChI is InChI=1S/C36H30NP2.C13H26S3/c1-7-19-31(20-8-1)38(32-21-9-2-10-22-32,33-23-11-3-12-24-33)37-39(34-25-13-4-14-26-34,35-27-15-5-16-28-35)36-29-17-6-18-30-36;1-2-3-4-5-6-7-8-9-10-11-12-16-13(14)15/h1-30H;2-12H2,1H3,(H,14,15)/q+1;/p-1. The van der Waals surface area contributed by atoms with Crippen LogP contribution in [-0.4, -0.2) is 9.28 Å². The molecule has 0 bridgehead atoms. The third kappa shape index (κ3) is 12.0. The molecule has 55 heavy (non-hydrogen) atoms. The molecular formula is C49H55NP2S3. The second-order valence-corrected chi connectivity index (χ2v) is 22.7. The summed E-state index contributed by atoms with van der Waals surface area (Å²) in [7, 11) is -4.99. The van der Waals surface area contributed by atoms with Gasteiger partial charge in [-0.1, -0.05) is 177 Å². The van der Waals surface area contributed by atoms with Crippen LogP contribution in [0.2, 0.25) is 0 Å². The molecule has 0 aromatic heterocycles. The number of thioether (sulfide) groups is 1. The molecule has 0 aliphatic carbocycles. The Balaban J connectivity index is 0.000000308. The number of hydrogen-bond acceptors (Lipinski definition) is 3. The van der Waals surface area contributed by atoms with Gasteiger partial charge in [0.2, 0.25) is 0 Å². The molecule has 0 aliphatic rings. The molecule has 0 radical (unpaired) electrons. The predicted octanol–water partition coefficient (Wildman–Crippen LogP) is 11.9. The third-order valence-corrected chi connectivity index (χ3v) is 19.6. The largest absolute Gasteiger partial charge is 0.422 e. The van der Waals surface area contributed by atoms with E-state index in [1.807, 2.05) is 0 Å². The average Bonchev–Trinajstić information content (AvgIpc) is 3.25. The quantitative estimate of drug-likeness (QED) is 0.0300. The summed E-state index contributed by atoms with van der Waals surface area (Å²) in [5, 5.41) is 7.55. The number of unbranched alkanes of at least 4 members (excludes halogenated alkanes) is 9. The zero-order valence-electron chi connectivity index (χ0n) is 32.2. The molecule has 0 N–H and O–H groups in total. The monoisotopic (exact) mass is 815 g/mol. The Hall–Kier alpha value is -3.45. The number of benzene rings is 6. The Morgan fingerprint density at radius 1 is 0.418 bits per heavy atom. The smallest absolute Gasteiger partial charge is 0.301 e. The second kappa shape index (κ2) is 23.6. The first-order valence-electron chi connectivity index (χ1n) is 19.8. The Morgan fingerprint density at radius 3 is 0.891 bits per heavy atom. The van der Waals surface area contributed by atoms with E-state index in [2.05, 4.69) is 189 Å². The third-order valence-electron chi connectivity index (χ3n) is 9.77. The van der Waals surface area contributed by atoms with Crippen LogP contribution >= 0.6 is 38.1 Å². The lowest BCUT2D eigenvalue weighted by atomic mass is 10.1. The minimum Gasteiger partial charge on any atom is -0.422 e. The van der Waals surface area contributed by atoms with E-state index in [-0.39, 0.29) is 0 Å². The lowest BCUT2D eigenvalue weighted by Crippen LogP contribution is -2.31. The molecule has 0 saturated heterocycles. The predicted molar refractivity (Wildman–Crippen MR) is 257 cm³/mol. The van der Waals surface area contributed by atoms with Crippen molar-refractivity contribution in [3.63, 3.8) is 0 Å². The summed E-state index contributed by atoms with van der Waals surface area (Å²) in [5.74, 6) is 1.12. The van der Waals surface area contributed by atoms with Gasteiger partial charge in [-0.3, -0.25) is 0 Å². The molecule has 0 aliphatic heterocycles. The molecule has 6 aromatic rings. The van der Waals surface area contributed by atoms with E-state index >= 15 is 0 Å². The first-order chi connectivity index (χ1) is 27.1. The molecule has 0 fully saturated rings. The van der Waals surface area contributed by atoms with Crippen LogP contribution in [0, 0.1) is 0 Å². The van der Waals surface area contributed by atoms with Gasteiger partial charge in [-0.25, -0.2) is 0 Å². The molecule has 0 amide bonds. The fraction of sp³-hybridized carbons (Fsp3) is 0.245. The Kier molecular flexibility index (Phi) is 18.3. The fourth-order valence-electron chi connectivity index (χ4n) is 7.01. The van der Waals surface area contributed by atoms with E-state index in [9.17, 15) is 0 Å². The Morgan fingerprint density at radius 2 is 0.655 bits per heavy atom. The molecule has 0 unspecified atom stereocenters. The van der Waals surface area contributed by atoms with E-state index in [1.54, 1.807) is 11.8 Å². The molecule has 1 nitrogen and oxygen atoms in total. The van der Waals surface area contributed by atoms with Crippen molar-refractivity contribution in [2.75, 3.05) is 5.75 Å². The van der Waals surface area contributed by atoms with Crippen molar-refractivity contribution in [3.8, 4) is 0 Å². The van der Waals surface area contributed by atoms with Gasteiger partial charge < -0.3 is 24.8 Å². The minimum atomic E-state index is -2.50. The normalized spacial score (nSPS) is 11.2. The zero-order valence-corrected chi connectivity index (χ0v) is 36.4. The van der Waals surface area contributed by atoms with E-state index in [1.165, 1.54) is 96.0 Å². The summed E-state index contributed by atoms with van der Waals surface area (Å²) in [4.78, 5) is 0. The number of rotatable bonds is 17. The van der Waals surface area contributed by atoms with Crippen LogP contribution in [0.4, 0.5) is 0 Å². The highest BCUT2D eigenvalue weighted by Gasteiger charge is 2.44. The van der Waals surface area contributed by atoms with E-state index in [0.717, 1.165) is 5.75 Å². The SMILES string of the molecule is CCCCCCCCCCCCSC(=S)[S-].c1ccc(P(=[N+]=P(c2ccccc2)(c2ccccc2)c2ccccc2)(c2ccccc2)c2ccccc2)cc1. The summed E-state index contributed by atoms with van der Waals surface area (Å²) < 4.78 is 7.06. The minimum absolute atomic E-state index is 0.677. The van der Waals surface area contributed by atoms with Gasteiger partial charge in [0.25, 0.3) is 0 Å². The molecule has 0 atom stereocenters. The highest BCUT2D eigenvalue weighted by atomic mass is 32.2. The van der Waals surface area contributed by atoms with Gasteiger partial charge in [0, 0.05) is 0 Å². The summed E-state index contributed by atoms with van der Waals surface area (Å²) in [6, 6.07) is 65.7. The van der Waals surface area contributed by atoms with Crippen molar-refractivity contribution >= 4 is 86.1 Å². The highest BCUT2D eigenvalue weighted by molar-refractivity contribution is 8.36. The molecule has 0 saturated carbocycles. The van der Waals surface area contributed by atoms with E-state index in [4.69, 9.17) is 29.0 Å². The lowest BCUT2D eigenvalue weighted by molar-refractivity contribution is 0.563. The zero-order chi connectivity index (χ0) is 38.4. The van der Waals surface area contributed by atoms with Gasteiger partial charge in [0.15, 0.2) is 0 Å². The second-order valence-electron chi connectivity index (χ2n) is 13.7. The van der Waals surface area contributed by atoms with Crippen LogP contribution < -0.4 is 36.0 Å². The molecule has 284 valence electrons. The van der Waals surface area contributed by atoms with Crippen molar-refractivity contribution in [3.05, 3.63) is 182 Å². The first kappa shape index (κ1) is 42.7. The van der Waals surface area contributed by atoms with Crippen molar-refractivity contribution in [2.45, 2.75) is 71.1 Å². The molecule has 0 heterocycles. The number of hydrogen-bond donors (Lipinski definition) is 0. The van der Waals surface area contributed by atoms with Crippen molar-refractivity contribution in [1.82, 2.24) is 4.17 Å². The lowest BCUT2D eigenvalue weighted by Gasteiger charge is -2.20. The summed E-state index contributed by atoms with van der Waals surface area (Å²) in [6.45, 7) is 2.27. The van der Waals surface area contributed by atoms with Gasteiger partial charge in [-0.15, -0.1) is 15.9 Å². The summed E-state index contributed by atoms with van der Waals surface area (Å²) in [6.07, 6.45) is 13.9. The maximum absolute atomic E-state index is 6.38. The molecular weight excluding hydrogens is 761 g/mol. The van der Waals surface area contributed by atoms with Crippen molar-refractivity contribution in [1.29, 1.82) is 0 Å². The van der Waals surface area contributed by atoms with E-state index < -0.39 is 14.1 Å². The average molecular weight is 816 g/mol. The van der Waals surface area contributed by atoms with Gasteiger partial charge in [-0.2, -0.15) is 0 Å². The molecule has 0 spiro atoms.